The summed E-state index contributed by atoms with van der Waals surface area (Å²) in [5, 5.41) is 2.74. The van der Waals surface area contributed by atoms with E-state index in [0.29, 0.717) is 13.1 Å². The fourth-order valence-corrected chi connectivity index (χ4v) is 2.37. The third kappa shape index (κ3) is 4.11. The topological polar surface area (TPSA) is 93.1 Å². The van der Waals surface area contributed by atoms with E-state index in [1.165, 1.54) is 10.8 Å². The van der Waals surface area contributed by atoms with Crippen molar-refractivity contribution in [2.75, 3.05) is 24.2 Å². The van der Waals surface area contributed by atoms with E-state index in [1.54, 1.807) is 13.1 Å². The number of aromatic nitrogens is 2. The Morgan fingerprint density at radius 3 is 2.72 bits per heavy atom. The van der Waals surface area contributed by atoms with E-state index in [4.69, 9.17) is 0 Å². The number of nitrogens with one attached hydrogen (secondary N) is 2. The fourth-order valence-electron chi connectivity index (χ4n) is 1.41. The van der Waals surface area contributed by atoms with Crippen LogP contribution in [0.3, 0.4) is 0 Å². The van der Waals surface area contributed by atoms with E-state index >= 15 is 0 Å². The van der Waals surface area contributed by atoms with Crippen molar-refractivity contribution in [1.29, 1.82) is 0 Å². The van der Waals surface area contributed by atoms with Gasteiger partial charge < -0.3 is 9.88 Å². The van der Waals surface area contributed by atoms with Crippen LogP contribution in [0.4, 0.5) is 5.82 Å². The molecule has 1 heterocycles. The van der Waals surface area contributed by atoms with Gasteiger partial charge in [0, 0.05) is 32.0 Å². The predicted octanol–water partition coefficient (Wildman–Crippen LogP) is -0.386. The lowest BCUT2D eigenvalue weighted by molar-refractivity contribution is 0.584. The Kier molecular flexibility index (Phi) is 5.29. The SMILES string of the molecule is CCNS(=O)(=O)CCNc1nccn(CC)c1=O. The first kappa shape index (κ1) is 14.7. The molecule has 0 saturated heterocycles. The van der Waals surface area contributed by atoms with Crippen molar-refractivity contribution in [3.05, 3.63) is 22.7 Å². The quantitative estimate of drug-likeness (QED) is 0.706. The predicted molar refractivity (Wildman–Crippen MR) is 70.1 cm³/mol. The Hall–Kier alpha value is -1.41. The number of anilines is 1. The third-order valence-electron chi connectivity index (χ3n) is 2.28. The summed E-state index contributed by atoms with van der Waals surface area (Å²) in [7, 11) is -3.28. The van der Waals surface area contributed by atoms with Crippen molar-refractivity contribution >= 4 is 15.8 Å². The molecule has 0 amide bonds. The lowest BCUT2D eigenvalue weighted by Crippen LogP contribution is -2.31. The third-order valence-corrected chi connectivity index (χ3v) is 3.75. The lowest BCUT2D eigenvalue weighted by Gasteiger charge is -2.08. The minimum Gasteiger partial charge on any atom is -0.364 e. The van der Waals surface area contributed by atoms with Crippen molar-refractivity contribution in [3.63, 3.8) is 0 Å². The Morgan fingerprint density at radius 2 is 2.11 bits per heavy atom. The van der Waals surface area contributed by atoms with Crippen LogP contribution in [-0.2, 0) is 16.6 Å². The first-order valence-electron chi connectivity index (χ1n) is 5.76. The molecule has 0 saturated carbocycles. The zero-order chi connectivity index (χ0) is 13.6. The molecular formula is C10H18N4O3S. The molecule has 8 heteroatoms. The summed E-state index contributed by atoms with van der Waals surface area (Å²) in [5.41, 5.74) is -0.249. The Bertz CT molecular complexity index is 538. The van der Waals surface area contributed by atoms with Crippen LogP contribution in [0, 0.1) is 0 Å². The van der Waals surface area contributed by atoms with Crippen molar-refractivity contribution in [2.45, 2.75) is 20.4 Å². The molecule has 18 heavy (non-hydrogen) atoms. The molecule has 0 fully saturated rings. The van der Waals surface area contributed by atoms with Gasteiger partial charge in [-0.15, -0.1) is 0 Å². The Morgan fingerprint density at radius 1 is 1.39 bits per heavy atom. The summed E-state index contributed by atoms with van der Waals surface area (Å²) in [6.07, 6.45) is 3.09. The normalized spacial score (nSPS) is 11.4. The van der Waals surface area contributed by atoms with Crippen LogP contribution in [0.25, 0.3) is 0 Å². The van der Waals surface area contributed by atoms with Crippen LogP contribution in [0.2, 0.25) is 0 Å². The van der Waals surface area contributed by atoms with Gasteiger partial charge in [-0.1, -0.05) is 6.92 Å². The van der Waals surface area contributed by atoms with Gasteiger partial charge in [0.2, 0.25) is 10.0 Å². The van der Waals surface area contributed by atoms with Gasteiger partial charge >= 0.3 is 0 Å². The van der Waals surface area contributed by atoms with Crippen LogP contribution < -0.4 is 15.6 Å². The van der Waals surface area contributed by atoms with Gasteiger partial charge in [0.15, 0.2) is 5.82 Å². The second kappa shape index (κ2) is 6.50. The lowest BCUT2D eigenvalue weighted by atomic mass is 10.5. The molecular weight excluding hydrogens is 256 g/mol. The first-order valence-corrected chi connectivity index (χ1v) is 7.42. The van der Waals surface area contributed by atoms with Gasteiger partial charge in [0.1, 0.15) is 0 Å². The summed E-state index contributed by atoms with van der Waals surface area (Å²) in [6.45, 7) is 4.61. The highest BCUT2D eigenvalue weighted by Crippen LogP contribution is 1.93. The van der Waals surface area contributed by atoms with Crippen LogP contribution in [0.15, 0.2) is 17.2 Å². The first-order chi connectivity index (χ1) is 8.50. The van der Waals surface area contributed by atoms with Crippen LogP contribution in [0.1, 0.15) is 13.8 Å². The minimum absolute atomic E-state index is 0.0943. The molecule has 0 aromatic carbocycles. The average molecular weight is 274 g/mol. The van der Waals surface area contributed by atoms with Gasteiger partial charge in [-0.2, -0.15) is 0 Å². The maximum Gasteiger partial charge on any atom is 0.293 e. The van der Waals surface area contributed by atoms with Gasteiger partial charge in [-0.25, -0.2) is 18.1 Å². The van der Waals surface area contributed by atoms with Crippen molar-refractivity contribution in [3.8, 4) is 0 Å². The molecule has 0 unspecified atom stereocenters. The molecule has 1 rings (SSSR count). The summed E-state index contributed by atoms with van der Waals surface area (Å²) >= 11 is 0. The van der Waals surface area contributed by atoms with Gasteiger partial charge in [-0.3, -0.25) is 4.79 Å². The number of hydrogen-bond donors (Lipinski definition) is 2. The number of nitrogens with zero attached hydrogens (tertiary/aromatic N) is 2. The van der Waals surface area contributed by atoms with Crippen molar-refractivity contribution in [2.24, 2.45) is 0 Å². The number of aryl methyl sites for hydroxylation is 1. The molecule has 0 spiro atoms. The maximum atomic E-state index is 11.8. The molecule has 1 aromatic rings. The second-order valence-electron chi connectivity index (χ2n) is 3.61. The fraction of sp³-hybridized carbons (Fsp3) is 0.600. The monoisotopic (exact) mass is 274 g/mol. The van der Waals surface area contributed by atoms with Crippen LogP contribution in [-0.4, -0.2) is 36.8 Å². The van der Waals surface area contributed by atoms with Crippen LogP contribution in [0.5, 0.6) is 0 Å². The van der Waals surface area contributed by atoms with E-state index < -0.39 is 10.0 Å². The van der Waals surface area contributed by atoms with Gasteiger partial charge in [0.05, 0.1) is 5.75 Å². The smallest absolute Gasteiger partial charge is 0.293 e. The molecule has 0 bridgehead atoms. The van der Waals surface area contributed by atoms with Crippen molar-refractivity contribution in [1.82, 2.24) is 14.3 Å². The Balaban J connectivity index is 2.63. The van der Waals surface area contributed by atoms with E-state index in [0.717, 1.165) is 0 Å². The standard InChI is InChI=1S/C10H18N4O3S/c1-3-13-18(16,17)8-6-12-9-10(15)14(4-2)7-5-11-9/h5,7,13H,3-4,6,8H2,1-2H3,(H,11,12). The molecule has 7 nitrogen and oxygen atoms in total. The molecule has 0 radical (unpaired) electrons. The molecule has 0 aliphatic carbocycles. The highest BCUT2D eigenvalue weighted by atomic mass is 32.2. The number of hydrogen-bond acceptors (Lipinski definition) is 5. The molecule has 1 aromatic heterocycles. The molecule has 0 aliphatic rings. The zero-order valence-corrected chi connectivity index (χ0v) is 11.3. The van der Waals surface area contributed by atoms with Crippen molar-refractivity contribution < 1.29 is 8.42 Å². The summed E-state index contributed by atoms with van der Waals surface area (Å²) < 4.78 is 26.6. The van der Waals surface area contributed by atoms with Gasteiger partial charge in [-0.05, 0) is 6.92 Å². The number of sulfonamides is 1. The van der Waals surface area contributed by atoms with E-state index in [1.807, 2.05) is 6.92 Å². The zero-order valence-electron chi connectivity index (χ0n) is 10.5. The summed E-state index contributed by atoms with van der Waals surface area (Å²) in [6, 6.07) is 0. The highest BCUT2D eigenvalue weighted by molar-refractivity contribution is 7.89. The molecule has 102 valence electrons. The maximum absolute atomic E-state index is 11.8. The second-order valence-corrected chi connectivity index (χ2v) is 5.54. The van der Waals surface area contributed by atoms with E-state index in [9.17, 15) is 13.2 Å². The summed E-state index contributed by atoms with van der Waals surface area (Å²) in [4.78, 5) is 15.6. The number of rotatable bonds is 7. The molecule has 2 N–H and O–H groups in total. The van der Waals surface area contributed by atoms with E-state index in [2.05, 4.69) is 15.0 Å². The van der Waals surface area contributed by atoms with Crippen LogP contribution >= 0.6 is 0 Å². The van der Waals surface area contributed by atoms with Gasteiger partial charge in [0.25, 0.3) is 5.56 Å². The highest BCUT2D eigenvalue weighted by Gasteiger charge is 2.09. The average Bonchev–Trinajstić information content (AvgIpc) is 2.31. The molecule has 0 aliphatic heterocycles. The molecule has 0 atom stereocenters. The summed E-state index contributed by atoms with van der Waals surface area (Å²) in [5.74, 6) is 0.0780. The minimum atomic E-state index is -3.28. The largest absolute Gasteiger partial charge is 0.364 e. The van der Waals surface area contributed by atoms with E-state index in [-0.39, 0.29) is 23.7 Å². The Labute approximate surface area is 106 Å².